The number of piperidine rings is 1. The fourth-order valence-corrected chi connectivity index (χ4v) is 4.40. The van der Waals surface area contributed by atoms with Gasteiger partial charge in [0.2, 0.25) is 5.91 Å². The topological polar surface area (TPSA) is 49.6 Å². The summed E-state index contributed by atoms with van der Waals surface area (Å²) in [6.07, 6.45) is 10.8. The van der Waals surface area contributed by atoms with Crippen molar-refractivity contribution < 1.29 is 4.79 Å². The van der Waals surface area contributed by atoms with Gasteiger partial charge < -0.3 is 10.6 Å². The number of amides is 1. The van der Waals surface area contributed by atoms with Gasteiger partial charge in [0.15, 0.2) is 0 Å². The minimum absolute atomic E-state index is 0.0904. The zero-order valence-electron chi connectivity index (χ0n) is 13.3. The van der Waals surface area contributed by atoms with Crippen molar-refractivity contribution in [2.45, 2.75) is 69.9 Å². The Labute approximate surface area is 129 Å². The molecule has 0 bridgehead atoms. The Balaban J connectivity index is 1.55. The van der Waals surface area contributed by atoms with E-state index in [0.29, 0.717) is 11.9 Å². The van der Waals surface area contributed by atoms with E-state index in [1.807, 2.05) is 0 Å². The van der Waals surface area contributed by atoms with E-state index in [1.54, 1.807) is 0 Å². The molecule has 0 spiro atoms. The smallest absolute Gasteiger partial charge is 0.227 e. The lowest BCUT2D eigenvalue weighted by molar-refractivity contribution is -0.135. The SMILES string of the molecule is NC1CCCCCC1C(=O)N1CCC(N2CCCCC2)C1. The molecule has 2 heterocycles. The van der Waals surface area contributed by atoms with Crippen LogP contribution in [0.1, 0.15) is 57.8 Å². The molecule has 0 radical (unpaired) electrons. The third-order valence-corrected chi connectivity index (χ3v) is 5.77. The van der Waals surface area contributed by atoms with Crippen molar-refractivity contribution in [3.8, 4) is 0 Å². The second-order valence-electron chi connectivity index (χ2n) is 7.23. The maximum Gasteiger partial charge on any atom is 0.227 e. The molecule has 0 aromatic rings. The van der Waals surface area contributed by atoms with Crippen molar-refractivity contribution in [3.05, 3.63) is 0 Å². The monoisotopic (exact) mass is 293 g/mol. The average Bonchev–Trinajstić information content (AvgIpc) is 2.91. The molecule has 0 aromatic heterocycles. The van der Waals surface area contributed by atoms with E-state index < -0.39 is 0 Å². The summed E-state index contributed by atoms with van der Waals surface area (Å²) in [5.41, 5.74) is 6.27. The predicted octanol–water partition coefficient (Wildman–Crippen LogP) is 1.98. The number of hydrogen-bond acceptors (Lipinski definition) is 3. The second-order valence-corrected chi connectivity index (χ2v) is 7.23. The minimum atomic E-state index is 0.0904. The van der Waals surface area contributed by atoms with Gasteiger partial charge in [-0.3, -0.25) is 9.69 Å². The van der Waals surface area contributed by atoms with Crippen LogP contribution in [-0.2, 0) is 4.79 Å². The fourth-order valence-electron chi connectivity index (χ4n) is 4.40. The molecule has 2 aliphatic heterocycles. The van der Waals surface area contributed by atoms with Gasteiger partial charge in [-0.05, 0) is 45.2 Å². The zero-order chi connectivity index (χ0) is 14.7. The van der Waals surface area contributed by atoms with Crippen LogP contribution in [-0.4, -0.2) is 54.0 Å². The lowest BCUT2D eigenvalue weighted by Crippen LogP contribution is -2.45. The lowest BCUT2D eigenvalue weighted by Gasteiger charge is -2.32. The molecule has 3 fully saturated rings. The van der Waals surface area contributed by atoms with Crippen LogP contribution in [0.15, 0.2) is 0 Å². The van der Waals surface area contributed by atoms with E-state index in [2.05, 4.69) is 9.80 Å². The van der Waals surface area contributed by atoms with Crippen molar-refractivity contribution >= 4 is 5.91 Å². The Morgan fingerprint density at radius 2 is 1.57 bits per heavy atom. The first-order valence-electron chi connectivity index (χ1n) is 9.04. The molecule has 3 atom stereocenters. The number of likely N-dealkylation sites (tertiary alicyclic amines) is 2. The minimum Gasteiger partial charge on any atom is -0.341 e. The normalized spacial score (nSPS) is 35.7. The van der Waals surface area contributed by atoms with Gasteiger partial charge in [-0.2, -0.15) is 0 Å². The van der Waals surface area contributed by atoms with Crippen molar-refractivity contribution in [2.24, 2.45) is 11.7 Å². The van der Waals surface area contributed by atoms with Crippen LogP contribution in [0.2, 0.25) is 0 Å². The first-order valence-corrected chi connectivity index (χ1v) is 9.04. The predicted molar refractivity (Wildman–Crippen MR) is 85.0 cm³/mol. The molecule has 2 saturated heterocycles. The molecule has 1 saturated carbocycles. The Hall–Kier alpha value is -0.610. The maximum atomic E-state index is 12.8. The van der Waals surface area contributed by atoms with E-state index in [-0.39, 0.29) is 12.0 Å². The highest BCUT2D eigenvalue weighted by Gasteiger charge is 2.36. The average molecular weight is 293 g/mol. The van der Waals surface area contributed by atoms with Gasteiger partial charge in [0, 0.05) is 25.2 Å². The first-order chi connectivity index (χ1) is 10.3. The summed E-state index contributed by atoms with van der Waals surface area (Å²) in [6, 6.07) is 0.699. The lowest BCUT2D eigenvalue weighted by atomic mass is 9.94. The van der Waals surface area contributed by atoms with Crippen LogP contribution in [0.25, 0.3) is 0 Å². The van der Waals surface area contributed by atoms with Gasteiger partial charge in [-0.1, -0.05) is 25.7 Å². The molecule has 4 heteroatoms. The third-order valence-electron chi connectivity index (χ3n) is 5.77. The maximum absolute atomic E-state index is 12.8. The van der Waals surface area contributed by atoms with Gasteiger partial charge in [0.25, 0.3) is 0 Å². The molecule has 1 amide bonds. The van der Waals surface area contributed by atoms with E-state index >= 15 is 0 Å². The summed E-state index contributed by atoms with van der Waals surface area (Å²) in [7, 11) is 0. The molecule has 21 heavy (non-hydrogen) atoms. The fraction of sp³-hybridized carbons (Fsp3) is 0.941. The summed E-state index contributed by atoms with van der Waals surface area (Å²) in [4.78, 5) is 17.6. The second kappa shape index (κ2) is 7.10. The Morgan fingerprint density at radius 3 is 2.38 bits per heavy atom. The molecule has 3 rings (SSSR count). The van der Waals surface area contributed by atoms with Gasteiger partial charge in [-0.15, -0.1) is 0 Å². The summed E-state index contributed by atoms with van der Waals surface area (Å²) in [5.74, 6) is 0.441. The Morgan fingerprint density at radius 1 is 0.857 bits per heavy atom. The van der Waals surface area contributed by atoms with Crippen LogP contribution >= 0.6 is 0 Å². The number of carbonyl (C=O) groups is 1. The molecule has 3 aliphatic rings. The molecule has 3 unspecified atom stereocenters. The summed E-state index contributed by atoms with van der Waals surface area (Å²) in [5, 5.41) is 0. The Bertz CT molecular complexity index is 354. The van der Waals surface area contributed by atoms with Gasteiger partial charge in [0.05, 0.1) is 5.92 Å². The van der Waals surface area contributed by atoms with Crippen molar-refractivity contribution in [2.75, 3.05) is 26.2 Å². The van der Waals surface area contributed by atoms with E-state index in [0.717, 1.165) is 32.4 Å². The largest absolute Gasteiger partial charge is 0.341 e. The van der Waals surface area contributed by atoms with Crippen molar-refractivity contribution in [1.29, 1.82) is 0 Å². The van der Waals surface area contributed by atoms with Crippen molar-refractivity contribution in [1.82, 2.24) is 9.80 Å². The van der Waals surface area contributed by atoms with Crippen LogP contribution in [0.5, 0.6) is 0 Å². The number of rotatable bonds is 2. The number of carbonyl (C=O) groups excluding carboxylic acids is 1. The molecule has 1 aliphatic carbocycles. The molecule has 4 nitrogen and oxygen atoms in total. The third kappa shape index (κ3) is 3.59. The highest BCUT2D eigenvalue weighted by atomic mass is 16.2. The van der Waals surface area contributed by atoms with Gasteiger partial charge in [0.1, 0.15) is 0 Å². The highest BCUT2D eigenvalue weighted by molar-refractivity contribution is 5.80. The molecule has 120 valence electrons. The van der Waals surface area contributed by atoms with Gasteiger partial charge in [-0.25, -0.2) is 0 Å². The van der Waals surface area contributed by atoms with Crippen LogP contribution < -0.4 is 5.73 Å². The summed E-state index contributed by atoms with van der Waals surface area (Å²) >= 11 is 0. The molecular weight excluding hydrogens is 262 g/mol. The van der Waals surface area contributed by atoms with E-state index in [1.165, 1.54) is 51.6 Å². The molecular formula is C17H31N3O. The number of hydrogen-bond donors (Lipinski definition) is 1. The Kier molecular flexibility index (Phi) is 5.17. The number of nitrogens with zero attached hydrogens (tertiary/aromatic N) is 2. The van der Waals surface area contributed by atoms with Gasteiger partial charge >= 0.3 is 0 Å². The van der Waals surface area contributed by atoms with E-state index in [4.69, 9.17) is 5.73 Å². The molecule has 0 aromatic carbocycles. The zero-order valence-corrected chi connectivity index (χ0v) is 13.3. The van der Waals surface area contributed by atoms with E-state index in [9.17, 15) is 4.79 Å². The highest BCUT2D eigenvalue weighted by Crippen LogP contribution is 2.27. The molecule has 2 N–H and O–H groups in total. The first kappa shape index (κ1) is 15.3. The summed E-state index contributed by atoms with van der Waals surface area (Å²) in [6.45, 7) is 4.36. The summed E-state index contributed by atoms with van der Waals surface area (Å²) < 4.78 is 0. The van der Waals surface area contributed by atoms with Crippen LogP contribution in [0.4, 0.5) is 0 Å². The van der Waals surface area contributed by atoms with Crippen molar-refractivity contribution in [3.63, 3.8) is 0 Å². The number of nitrogens with two attached hydrogens (primary N) is 1. The van der Waals surface area contributed by atoms with Crippen LogP contribution in [0.3, 0.4) is 0 Å². The standard InChI is InChI=1S/C17H31N3O/c18-16-8-4-1-3-7-15(16)17(21)20-12-9-14(13-20)19-10-5-2-6-11-19/h14-16H,1-13,18H2. The quantitative estimate of drug-likeness (QED) is 0.792. The van der Waals surface area contributed by atoms with Crippen LogP contribution in [0, 0.1) is 5.92 Å².